The molecule has 2 rings (SSSR count). The monoisotopic (exact) mass is 432 g/mol. The van der Waals surface area contributed by atoms with Crippen LogP contribution in [0.25, 0.3) is 0 Å². The van der Waals surface area contributed by atoms with E-state index in [9.17, 15) is 14.4 Å². The van der Waals surface area contributed by atoms with E-state index in [2.05, 4.69) is 6.92 Å². The molecule has 0 atom stereocenters. The van der Waals surface area contributed by atoms with Crippen LogP contribution in [0.15, 0.2) is 11.6 Å². The van der Waals surface area contributed by atoms with Crippen LogP contribution >= 0.6 is 0 Å². The fourth-order valence-electron chi connectivity index (χ4n) is 3.67. The van der Waals surface area contributed by atoms with Crippen LogP contribution in [0.5, 0.6) is 11.5 Å². The first-order chi connectivity index (χ1) is 14.8. The number of methoxy groups -OCH3 is 1. The normalized spacial score (nSPS) is 13.0. The highest BCUT2D eigenvalue weighted by molar-refractivity contribution is 5.99. The van der Waals surface area contributed by atoms with Crippen LogP contribution in [0.3, 0.4) is 0 Å². The van der Waals surface area contributed by atoms with Gasteiger partial charge in [0.15, 0.2) is 5.75 Å². The van der Waals surface area contributed by atoms with Crippen LogP contribution < -0.4 is 9.47 Å². The van der Waals surface area contributed by atoms with Crippen molar-refractivity contribution >= 4 is 17.9 Å². The number of ether oxygens (including phenoxy) is 3. The Bertz CT molecular complexity index is 867. The summed E-state index contributed by atoms with van der Waals surface area (Å²) in [5.74, 6) is -1.02. The van der Waals surface area contributed by atoms with Crippen molar-refractivity contribution in [2.75, 3.05) is 7.11 Å². The summed E-state index contributed by atoms with van der Waals surface area (Å²) in [4.78, 5) is 35.8. The molecule has 0 spiro atoms. The van der Waals surface area contributed by atoms with Crippen molar-refractivity contribution in [2.24, 2.45) is 0 Å². The Balaban J connectivity index is 2.39. The maximum absolute atomic E-state index is 12.5. The number of rotatable bonds is 12. The summed E-state index contributed by atoms with van der Waals surface area (Å²) >= 11 is 0. The Morgan fingerprint density at radius 2 is 1.87 bits per heavy atom. The lowest BCUT2D eigenvalue weighted by atomic mass is 9.94. The number of esters is 2. The molecule has 1 N–H and O–H groups in total. The number of allylic oxidation sites excluding steroid dienone is 2. The van der Waals surface area contributed by atoms with Crippen LogP contribution in [0.4, 0.5) is 0 Å². The van der Waals surface area contributed by atoms with E-state index >= 15 is 0 Å². The minimum Gasteiger partial charge on any atom is -0.496 e. The van der Waals surface area contributed by atoms with Crippen molar-refractivity contribution in [1.29, 1.82) is 0 Å². The van der Waals surface area contributed by atoms with Gasteiger partial charge >= 0.3 is 17.9 Å². The second-order valence-electron chi connectivity index (χ2n) is 7.83. The maximum Gasteiger partial charge on any atom is 0.342 e. The van der Waals surface area contributed by atoms with Gasteiger partial charge in [-0.1, -0.05) is 37.8 Å². The van der Waals surface area contributed by atoms with Gasteiger partial charge in [0.2, 0.25) is 0 Å². The summed E-state index contributed by atoms with van der Waals surface area (Å²) in [5, 5.41) is 8.89. The molecule has 0 unspecified atom stereocenters. The number of aliphatic carboxylic acids is 1. The summed E-state index contributed by atoms with van der Waals surface area (Å²) in [7, 11) is 1.53. The number of carbonyl (C=O) groups is 3. The minimum atomic E-state index is -0.862. The van der Waals surface area contributed by atoms with Crippen molar-refractivity contribution in [2.45, 2.75) is 78.7 Å². The van der Waals surface area contributed by atoms with E-state index < -0.39 is 17.9 Å². The van der Waals surface area contributed by atoms with E-state index in [-0.39, 0.29) is 30.8 Å². The van der Waals surface area contributed by atoms with Crippen molar-refractivity contribution in [3.8, 4) is 11.5 Å². The number of benzene rings is 1. The molecule has 0 bridgehead atoms. The minimum absolute atomic E-state index is 0.0363. The number of cyclic esters (lactones) is 1. The van der Waals surface area contributed by atoms with Gasteiger partial charge in [0.05, 0.1) is 7.11 Å². The molecule has 0 saturated carbocycles. The third kappa shape index (κ3) is 6.32. The van der Waals surface area contributed by atoms with Crippen LogP contribution in [-0.2, 0) is 27.4 Å². The van der Waals surface area contributed by atoms with Crippen molar-refractivity contribution in [3.05, 3.63) is 33.9 Å². The summed E-state index contributed by atoms with van der Waals surface area (Å²) in [6.07, 6.45) is 6.74. The van der Waals surface area contributed by atoms with E-state index in [1.807, 2.05) is 19.9 Å². The van der Waals surface area contributed by atoms with Crippen molar-refractivity contribution < 1.29 is 33.7 Å². The highest BCUT2D eigenvalue weighted by Gasteiger charge is 2.34. The average Bonchev–Trinajstić information content (AvgIpc) is 3.12. The second-order valence-corrected chi connectivity index (χ2v) is 7.83. The Labute approximate surface area is 183 Å². The number of unbranched alkanes of at least 4 members (excludes halogenated alkanes) is 3. The summed E-state index contributed by atoms with van der Waals surface area (Å²) < 4.78 is 16.6. The van der Waals surface area contributed by atoms with E-state index in [4.69, 9.17) is 19.3 Å². The van der Waals surface area contributed by atoms with Crippen LogP contribution in [0, 0.1) is 6.92 Å². The Morgan fingerprint density at radius 1 is 1.13 bits per heavy atom. The molecule has 1 heterocycles. The van der Waals surface area contributed by atoms with Gasteiger partial charge in [-0.3, -0.25) is 9.59 Å². The predicted octanol–water partition coefficient (Wildman–Crippen LogP) is 4.90. The fourth-order valence-corrected chi connectivity index (χ4v) is 3.67. The first kappa shape index (κ1) is 24.4. The zero-order valence-electron chi connectivity index (χ0n) is 18.8. The number of carboxylic acid groups (broad SMARTS) is 1. The summed E-state index contributed by atoms with van der Waals surface area (Å²) in [6.45, 7) is 5.92. The van der Waals surface area contributed by atoms with E-state index in [0.29, 0.717) is 29.7 Å². The zero-order valence-corrected chi connectivity index (χ0v) is 18.8. The molecule has 1 aromatic rings. The number of fused-ring (bicyclic) bond motifs is 1. The molecular weight excluding hydrogens is 400 g/mol. The Morgan fingerprint density at radius 3 is 2.52 bits per heavy atom. The summed E-state index contributed by atoms with van der Waals surface area (Å²) in [6, 6.07) is 0. The molecule has 0 amide bonds. The van der Waals surface area contributed by atoms with Crippen LogP contribution in [0.1, 0.15) is 85.8 Å². The molecule has 0 fully saturated rings. The van der Waals surface area contributed by atoms with Gasteiger partial charge in [0.1, 0.15) is 17.9 Å². The van der Waals surface area contributed by atoms with Gasteiger partial charge < -0.3 is 19.3 Å². The van der Waals surface area contributed by atoms with E-state index in [0.717, 1.165) is 36.8 Å². The lowest BCUT2D eigenvalue weighted by molar-refractivity contribution is -0.137. The third-order valence-electron chi connectivity index (χ3n) is 5.46. The molecule has 0 radical (unpaired) electrons. The van der Waals surface area contributed by atoms with Gasteiger partial charge in [-0.25, -0.2) is 4.79 Å². The number of hydrogen-bond acceptors (Lipinski definition) is 6. The molecule has 1 aliphatic rings. The molecular formula is C24H32O7. The first-order valence-electron chi connectivity index (χ1n) is 10.8. The van der Waals surface area contributed by atoms with Crippen molar-refractivity contribution in [1.82, 2.24) is 0 Å². The zero-order chi connectivity index (χ0) is 23.0. The quantitative estimate of drug-likeness (QED) is 0.217. The Kier molecular flexibility index (Phi) is 9.09. The predicted molar refractivity (Wildman–Crippen MR) is 116 cm³/mol. The molecule has 1 aliphatic heterocycles. The lowest BCUT2D eigenvalue weighted by Gasteiger charge is -2.19. The van der Waals surface area contributed by atoms with Crippen molar-refractivity contribution in [3.63, 3.8) is 0 Å². The standard InChI is InChI=1S/C24H32O7/c1-5-6-7-8-9-20(27)31-23-17(12-10-15(2)11-13-19(25)26)22(29-4)16(3)18-14-30-24(28)21(18)23/h10H,5-9,11-14H2,1-4H3,(H,25,26). The number of carbonyl (C=O) groups excluding carboxylic acids is 2. The topological polar surface area (TPSA) is 99.1 Å². The van der Waals surface area contributed by atoms with Crippen LogP contribution in [0.2, 0.25) is 0 Å². The molecule has 31 heavy (non-hydrogen) atoms. The number of hydrogen-bond donors (Lipinski definition) is 1. The van der Waals surface area contributed by atoms with Crippen LogP contribution in [-0.4, -0.2) is 30.1 Å². The van der Waals surface area contributed by atoms with Gasteiger partial charge in [-0.2, -0.15) is 0 Å². The molecule has 0 saturated heterocycles. The first-order valence-corrected chi connectivity index (χ1v) is 10.8. The smallest absolute Gasteiger partial charge is 0.342 e. The van der Waals surface area contributed by atoms with E-state index in [1.165, 1.54) is 7.11 Å². The third-order valence-corrected chi connectivity index (χ3v) is 5.46. The molecule has 170 valence electrons. The fraction of sp³-hybridized carbons (Fsp3) is 0.542. The number of carboxylic acids is 1. The highest BCUT2D eigenvalue weighted by Crippen LogP contribution is 2.43. The molecule has 0 aliphatic carbocycles. The second kappa shape index (κ2) is 11.5. The van der Waals surface area contributed by atoms with Gasteiger partial charge in [0, 0.05) is 24.0 Å². The molecule has 7 nitrogen and oxygen atoms in total. The maximum atomic E-state index is 12.5. The van der Waals surface area contributed by atoms with Gasteiger partial charge in [0.25, 0.3) is 0 Å². The SMILES string of the molecule is CCCCCCC(=O)Oc1c(CC=C(C)CCC(=O)O)c(OC)c(C)c2c1C(=O)OC2. The van der Waals surface area contributed by atoms with Gasteiger partial charge in [-0.15, -0.1) is 0 Å². The molecule has 0 aromatic heterocycles. The van der Waals surface area contributed by atoms with Gasteiger partial charge in [-0.05, 0) is 38.7 Å². The van der Waals surface area contributed by atoms with E-state index in [1.54, 1.807) is 0 Å². The Hall–Kier alpha value is -2.83. The molecule has 1 aromatic carbocycles. The largest absolute Gasteiger partial charge is 0.496 e. The molecule has 7 heteroatoms. The average molecular weight is 433 g/mol. The lowest BCUT2D eigenvalue weighted by Crippen LogP contribution is -2.14. The summed E-state index contributed by atoms with van der Waals surface area (Å²) in [5.41, 5.74) is 3.21. The highest BCUT2D eigenvalue weighted by atomic mass is 16.6.